The summed E-state index contributed by atoms with van der Waals surface area (Å²) in [5.74, 6) is 1.23. The third-order valence-electron chi connectivity index (χ3n) is 2.98. The lowest BCUT2D eigenvalue weighted by Gasteiger charge is -2.31. The topological polar surface area (TPSA) is 42.2 Å². The average molecular weight is 237 g/mol. The number of hydrogen-bond donors (Lipinski definition) is 1. The SMILES string of the molecule is CCC1CN(Cc2ncccc2N)CCS1. The fourth-order valence-corrected chi connectivity index (χ4v) is 3.21. The van der Waals surface area contributed by atoms with Crippen molar-refractivity contribution in [1.82, 2.24) is 9.88 Å². The highest BCUT2D eigenvalue weighted by Gasteiger charge is 2.19. The average Bonchev–Trinajstić information content (AvgIpc) is 2.32. The first kappa shape index (κ1) is 11.7. The molecule has 0 spiro atoms. The number of nitrogens with zero attached hydrogens (tertiary/aromatic N) is 2. The Balaban J connectivity index is 1.97. The molecule has 0 aliphatic carbocycles. The maximum Gasteiger partial charge on any atom is 0.0772 e. The van der Waals surface area contributed by atoms with Gasteiger partial charge in [-0.05, 0) is 18.6 Å². The van der Waals surface area contributed by atoms with Crippen LogP contribution >= 0.6 is 11.8 Å². The summed E-state index contributed by atoms with van der Waals surface area (Å²) >= 11 is 2.09. The molecule has 2 heterocycles. The summed E-state index contributed by atoms with van der Waals surface area (Å²) in [4.78, 5) is 6.81. The van der Waals surface area contributed by atoms with Crippen LogP contribution in [-0.4, -0.2) is 34.0 Å². The zero-order chi connectivity index (χ0) is 11.4. The van der Waals surface area contributed by atoms with Crippen molar-refractivity contribution in [2.75, 3.05) is 24.6 Å². The first-order valence-electron chi connectivity index (χ1n) is 5.83. The van der Waals surface area contributed by atoms with Crippen LogP contribution in [0.2, 0.25) is 0 Å². The summed E-state index contributed by atoms with van der Waals surface area (Å²) in [6.45, 7) is 5.47. The van der Waals surface area contributed by atoms with E-state index in [9.17, 15) is 0 Å². The van der Waals surface area contributed by atoms with Crippen molar-refractivity contribution >= 4 is 17.4 Å². The van der Waals surface area contributed by atoms with Gasteiger partial charge in [0.1, 0.15) is 0 Å². The van der Waals surface area contributed by atoms with E-state index in [2.05, 4.69) is 28.6 Å². The first-order chi connectivity index (χ1) is 7.79. The Morgan fingerprint density at radius 2 is 2.50 bits per heavy atom. The van der Waals surface area contributed by atoms with Crippen LogP contribution in [0.1, 0.15) is 19.0 Å². The number of nitrogens with two attached hydrogens (primary N) is 1. The van der Waals surface area contributed by atoms with E-state index < -0.39 is 0 Å². The Labute approximate surface area is 101 Å². The summed E-state index contributed by atoms with van der Waals surface area (Å²) in [5.41, 5.74) is 7.74. The van der Waals surface area contributed by atoms with Crippen LogP contribution in [0.4, 0.5) is 5.69 Å². The van der Waals surface area contributed by atoms with Crippen LogP contribution < -0.4 is 5.73 Å². The predicted octanol–water partition coefficient (Wildman–Crippen LogP) is 1.99. The van der Waals surface area contributed by atoms with Gasteiger partial charge in [0.15, 0.2) is 0 Å². The van der Waals surface area contributed by atoms with Crippen molar-refractivity contribution in [1.29, 1.82) is 0 Å². The van der Waals surface area contributed by atoms with Gasteiger partial charge >= 0.3 is 0 Å². The lowest BCUT2D eigenvalue weighted by atomic mass is 10.2. The Bertz CT molecular complexity index is 343. The van der Waals surface area contributed by atoms with Crippen molar-refractivity contribution in [3.8, 4) is 0 Å². The Hall–Kier alpha value is -0.740. The number of nitrogen functional groups attached to an aromatic ring is 1. The number of pyridine rings is 1. The summed E-state index contributed by atoms with van der Waals surface area (Å²) < 4.78 is 0. The molecule has 1 fully saturated rings. The second-order valence-corrected chi connectivity index (χ2v) is 5.58. The van der Waals surface area contributed by atoms with Gasteiger partial charge in [0.25, 0.3) is 0 Å². The summed E-state index contributed by atoms with van der Waals surface area (Å²) in [7, 11) is 0. The second kappa shape index (κ2) is 5.55. The zero-order valence-electron chi connectivity index (χ0n) is 9.72. The normalized spacial score (nSPS) is 22.2. The van der Waals surface area contributed by atoms with Crippen LogP contribution in [0, 0.1) is 0 Å². The van der Waals surface area contributed by atoms with Gasteiger partial charge in [-0.1, -0.05) is 6.92 Å². The Morgan fingerprint density at radius 3 is 3.25 bits per heavy atom. The largest absolute Gasteiger partial charge is 0.397 e. The van der Waals surface area contributed by atoms with Crippen LogP contribution in [0.3, 0.4) is 0 Å². The molecule has 0 saturated carbocycles. The molecule has 0 bridgehead atoms. The molecule has 2 rings (SSSR count). The van der Waals surface area contributed by atoms with Gasteiger partial charge in [0.2, 0.25) is 0 Å². The molecule has 0 amide bonds. The summed E-state index contributed by atoms with van der Waals surface area (Å²) in [5, 5.41) is 0.777. The lowest BCUT2D eigenvalue weighted by molar-refractivity contribution is 0.270. The van der Waals surface area contributed by atoms with Gasteiger partial charge in [-0.2, -0.15) is 11.8 Å². The van der Waals surface area contributed by atoms with E-state index >= 15 is 0 Å². The molecule has 0 radical (unpaired) electrons. The molecular weight excluding hydrogens is 218 g/mol. The smallest absolute Gasteiger partial charge is 0.0772 e. The number of aromatic nitrogens is 1. The lowest BCUT2D eigenvalue weighted by Crippen LogP contribution is -2.37. The van der Waals surface area contributed by atoms with Gasteiger partial charge < -0.3 is 5.73 Å². The fourth-order valence-electron chi connectivity index (χ4n) is 1.97. The molecule has 4 heteroatoms. The summed E-state index contributed by atoms with van der Waals surface area (Å²) in [6, 6.07) is 3.82. The minimum Gasteiger partial charge on any atom is -0.397 e. The van der Waals surface area contributed by atoms with Gasteiger partial charge in [-0.15, -0.1) is 0 Å². The molecule has 1 aromatic heterocycles. The molecule has 1 unspecified atom stereocenters. The molecule has 2 N–H and O–H groups in total. The van der Waals surface area contributed by atoms with Gasteiger partial charge in [-0.25, -0.2) is 0 Å². The van der Waals surface area contributed by atoms with E-state index in [1.165, 1.54) is 12.2 Å². The molecular formula is C12H19N3S. The fraction of sp³-hybridized carbons (Fsp3) is 0.583. The maximum atomic E-state index is 5.91. The third kappa shape index (κ3) is 2.89. The molecule has 1 aliphatic rings. The van der Waals surface area contributed by atoms with E-state index in [1.807, 2.05) is 18.3 Å². The van der Waals surface area contributed by atoms with E-state index in [1.54, 1.807) is 0 Å². The van der Waals surface area contributed by atoms with E-state index in [0.29, 0.717) is 0 Å². The van der Waals surface area contributed by atoms with Crippen molar-refractivity contribution in [3.63, 3.8) is 0 Å². The van der Waals surface area contributed by atoms with Crippen molar-refractivity contribution in [3.05, 3.63) is 24.0 Å². The summed E-state index contributed by atoms with van der Waals surface area (Å²) in [6.07, 6.45) is 3.07. The van der Waals surface area contributed by atoms with Crippen molar-refractivity contribution in [2.45, 2.75) is 25.1 Å². The minimum atomic E-state index is 0.777. The van der Waals surface area contributed by atoms with Crippen LogP contribution in [0.5, 0.6) is 0 Å². The van der Waals surface area contributed by atoms with E-state index in [4.69, 9.17) is 5.73 Å². The van der Waals surface area contributed by atoms with Gasteiger partial charge in [-0.3, -0.25) is 9.88 Å². The number of rotatable bonds is 3. The Morgan fingerprint density at radius 1 is 1.62 bits per heavy atom. The van der Waals surface area contributed by atoms with E-state index in [0.717, 1.165) is 36.3 Å². The molecule has 1 aliphatic heterocycles. The quantitative estimate of drug-likeness (QED) is 0.873. The monoisotopic (exact) mass is 237 g/mol. The standard InChI is InChI=1S/C12H19N3S/c1-2-10-8-15(6-7-16-10)9-12-11(13)4-3-5-14-12/h3-5,10H,2,6-9,13H2,1H3. The maximum absolute atomic E-state index is 5.91. The number of anilines is 1. The molecule has 88 valence electrons. The van der Waals surface area contributed by atoms with Crippen LogP contribution in [-0.2, 0) is 6.54 Å². The van der Waals surface area contributed by atoms with Crippen LogP contribution in [0.25, 0.3) is 0 Å². The number of thioether (sulfide) groups is 1. The minimum absolute atomic E-state index is 0.777. The van der Waals surface area contributed by atoms with E-state index in [-0.39, 0.29) is 0 Å². The highest BCUT2D eigenvalue weighted by Crippen LogP contribution is 2.22. The van der Waals surface area contributed by atoms with Crippen molar-refractivity contribution in [2.24, 2.45) is 0 Å². The van der Waals surface area contributed by atoms with Crippen LogP contribution in [0.15, 0.2) is 18.3 Å². The molecule has 1 atom stereocenters. The number of hydrogen-bond acceptors (Lipinski definition) is 4. The van der Waals surface area contributed by atoms with Crippen molar-refractivity contribution < 1.29 is 0 Å². The Kier molecular flexibility index (Phi) is 4.07. The highest BCUT2D eigenvalue weighted by atomic mass is 32.2. The third-order valence-corrected chi connectivity index (χ3v) is 4.35. The molecule has 16 heavy (non-hydrogen) atoms. The molecule has 3 nitrogen and oxygen atoms in total. The predicted molar refractivity (Wildman–Crippen MR) is 70.5 cm³/mol. The van der Waals surface area contributed by atoms with Gasteiger partial charge in [0, 0.05) is 36.8 Å². The van der Waals surface area contributed by atoms with Gasteiger partial charge in [0.05, 0.1) is 11.4 Å². The molecule has 1 aromatic rings. The highest BCUT2D eigenvalue weighted by molar-refractivity contribution is 8.00. The second-order valence-electron chi connectivity index (χ2n) is 4.18. The first-order valence-corrected chi connectivity index (χ1v) is 6.87. The molecule has 1 saturated heterocycles. The molecule has 0 aromatic carbocycles. The zero-order valence-corrected chi connectivity index (χ0v) is 10.5.